The first-order valence-corrected chi connectivity index (χ1v) is 16.2. The largest absolute Gasteiger partial charge is 0.278 e. The average Bonchev–Trinajstić information content (AvgIpc) is 4.05. The molecule has 0 atom stereocenters. The van der Waals surface area contributed by atoms with Gasteiger partial charge < -0.3 is 0 Å². The molecule has 11 rings (SSSR count). The van der Waals surface area contributed by atoms with E-state index in [4.69, 9.17) is 34.1 Å². The van der Waals surface area contributed by atoms with Crippen molar-refractivity contribution in [2.24, 2.45) is 0 Å². The summed E-state index contributed by atoms with van der Waals surface area (Å²) in [6, 6.07) is -2.11. The van der Waals surface area contributed by atoms with Gasteiger partial charge in [0.2, 0.25) is 11.9 Å². The van der Waals surface area contributed by atoms with Crippen LogP contribution < -0.4 is 0 Å². The number of rotatable bonds is 4. The first-order valence-electron chi connectivity index (χ1n) is 25.4. The van der Waals surface area contributed by atoms with Gasteiger partial charge >= 0.3 is 0 Å². The zero-order valence-electron chi connectivity index (χ0n) is 45.7. The Bertz CT molecular complexity index is 4210. The summed E-state index contributed by atoms with van der Waals surface area (Å²) in [5.41, 5.74) is -2.56. The fourth-order valence-electron chi connectivity index (χ4n) is 6.43. The third-order valence-electron chi connectivity index (χ3n) is 8.60. The van der Waals surface area contributed by atoms with Crippen molar-refractivity contribution in [1.29, 1.82) is 0 Å². The zero-order valence-corrected chi connectivity index (χ0v) is 26.5. The van der Waals surface area contributed by atoms with Crippen LogP contribution in [0.5, 0.6) is 0 Å². The van der Waals surface area contributed by atoms with E-state index in [1.54, 1.807) is 12.1 Å². The lowest BCUT2D eigenvalue weighted by Gasteiger charge is -2.13. The Morgan fingerprint density at radius 3 is 1.71 bits per heavy atom. The van der Waals surface area contributed by atoms with Gasteiger partial charge in [0, 0.05) is 47.3 Å². The third-order valence-corrected chi connectivity index (χ3v) is 9.82. The van der Waals surface area contributed by atoms with Crippen molar-refractivity contribution in [3.63, 3.8) is 0 Å². The number of hydrogen-bond acceptors (Lipinski definition) is 4. The number of nitrogens with zero attached hydrogens (tertiary/aromatic N) is 5. The summed E-state index contributed by atoms with van der Waals surface area (Å²) >= 11 is 1.36. The lowest BCUT2D eigenvalue weighted by molar-refractivity contribution is 0.893. The smallest absolute Gasteiger partial charge is 0.240 e. The predicted molar refractivity (Wildman–Crippen MR) is 212 cm³/mol. The lowest BCUT2D eigenvalue weighted by atomic mass is 10.0. The second-order valence-electron chi connectivity index (χ2n) is 11.4. The Morgan fingerprint density at radius 1 is 0.451 bits per heavy atom. The van der Waals surface area contributed by atoms with Gasteiger partial charge in [-0.25, -0.2) is 0 Å². The molecule has 0 saturated carbocycles. The van der Waals surface area contributed by atoms with Crippen LogP contribution in [-0.4, -0.2) is 24.1 Å². The summed E-state index contributed by atoms with van der Waals surface area (Å²) in [6.07, 6.45) is 0. The Balaban J connectivity index is 1.40. The van der Waals surface area contributed by atoms with Gasteiger partial charge in [-0.3, -0.25) is 9.13 Å². The van der Waals surface area contributed by atoms with Crippen molar-refractivity contribution in [3.8, 4) is 34.4 Å². The minimum Gasteiger partial charge on any atom is -0.278 e. The van der Waals surface area contributed by atoms with Crippen molar-refractivity contribution < 1.29 is 27.4 Å². The maximum atomic E-state index is 9.84. The first-order chi connectivity index (χ1) is 33.6. The van der Waals surface area contributed by atoms with Crippen molar-refractivity contribution in [1.82, 2.24) is 24.1 Å². The number of para-hydroxylation sites is 3. The van der Waals surface area contributed by atoms with Gasteiger partial charge in [0.15, 0.2) is 5.82 Å². The van der Waals surface area contributed by atoms with E-state index in [2.05, 4.69) is 0 Å². The Kier molecular flexibility index (Phi) is 3.24. The van der Waals surface area contributed by atoms with Crippen LogP contribution in [-0.2, 0) is 0 Å². The second kappa shape index (κ2) is 10.9. The van der Waals surface area contributed by atoms with E-state index in [9.17, 15) is 8.22 Å². The van der Waals surface area contributed by atoms with Crippen LogP contribution in [0, 0.1) is 0 Å². The highest BCUT2D eigenvalue weighted by Gasteiger charge is 2.22. The van der Waals surface area contributed by atoms with Crippen molar-refractivity contribution >= 4 is 75.1 Å². The number of benzene rings is 7. The molecule has 0 spiro atoms. The minimum absolute atomic E-state index is 0.185. The fraction of sp³-hybridized carbons (Fsp3) is 0. The Morgan fingerprint density at radius 2 is 1.02 bits per heavy atom. The molecular formula is C45H27N5S. The Hall–Kier alpha value is -6.63. The third kappa shape index (κ3) is 4.24. The maximum Gasteiger partial charge on any atom is 0.240 e. The molecule has 5 nitrogen and oxygen atoms in total. The maximum absolute atomic E-state index is 9.84. The molecule has 0 fully saturated rings. The molecule has 0 bridgehead atoms. The molecule has 11 aromatic rings. The molecule has 0 radical (unpaired) electrons. The number of hydrogen-bond donors (Lipinski definition) is 0. The van der Waals surface area contributed by atoms with Crippen LogP contribution >= 0.6 is 11.3 Å². The minimum atomic E-state index is -0.815. The molecule has 0 saturated heterocycles. The number of fused-ring (bicyclic) bond motifs is 9. The first kappa shape index (κ1) is 15.1. The normalized spacial score (nSPS) is 17.4. The molecule has 0 N–H and O–H groups in total. The summed E-state index contributed by atoms with van der Waals surface area (Å²) in [4.78, 5) is 14.6. The molecule has 7 aromatic carbocycles. The van der Waals surface area contributed by atoms with E-state index in [-0.39, 0.29) is 33.0 Å². The van der Waals surface area contributed by atoms with Crippen LogP contribution in [0.15, 0.2) is 163 Å². The summed E-state index contributed by atoms with van der Waals surface area (Å²) in [6.45, 7) is 0. The van der Waals surface area contributed by atoms with Gasteiger partial charge in [-0.1, -0.05) is 127 Å². The zero-order chi connectivity index (χ0) is 50.9. The molecule has 0 unspecified atom stereocenters. The summed E-state index contributed by atoms with van der Waals surface area (Å²) in [5, 5.41) is 0.241. The molecule has 51 heavy (non-hydrogen) atoms. The van der Waals surface area contributed by atoms with Crippen molar-refractivity contribution in [2.45, 2.75) is 0 Å². The highest BCUT2D eigenvalue weighted by molar-refractivity contribution is 7.26. The summed E-state index contributed by atoms with van der Waals surface area (Å²) in [5.74, 6) is -1.28. The van der Waals surface area contributed by atoms with E-state index in [1.165, 1.54) is 11.3 Å². The molecule has 6 heteroatoms. The highest BCUT2D eigenvalue weighted by atomic mass is 32.1. The van der Waals surface area contributed by atoms with E-state index < -0.39 is 160 Å². The molecule has 4 heterocycles. The fourth-order valence-corrected chi connectivity index (χ4v) is 7.64. The van der Waals surface area contributed by atoms with E-state index in [0.29, 0.717) is 10.3 Å². The van der Waals surface area contributed by atoms with Crippen LogP contribution in [0.2, 0.25) is 0 Å². The van der Waals surface area contributed by atoms with E-state index in [1.807, 2.05) is 30.3 Å². The molecule has 0 amide bonds. The highest BCUT2D eigenvalue weighted by Crippen LogP contribution is 2.40. The van der Waals surface area contributed by atoms with Crippen LogP contribution in [0.3, 0.4) is 0 Å². The second-order valence-corrected chi connectivity index (χ2v) is 12.4. The standard InChI is InChI=1S/C45H27N5S/c1-2-13-28(14-3-1)29-25-26-33-32-17-6-10-23-39(32)50(40(33)27-29)45-47-43(36-20-12-19-35-34-18-7-11-24-41(34)51-42(35)36)46-44(48-45)49-37-21-8-4-15-30(37)31-16-5-9-22-38(31)49/h1-27H/i1D,2D,3D,4D,5D,6D,8D,9D,10D,13D,14D,15D,16D,17D,21D,22D,23D,25D,26D,27D. The van der Waals surface area contributed by atoms with Gasteiger partial charge in [0.1, 0.15) is 0 Å². The molecule has 238 valence electrons. The SMILES string of the molecule is [2H]c1c([2H])c([2H])c(-c2c([2H])c([2H])c3c4c([2H])c([2H])c([2H])c([2H])c4n(-c4nc(-c5cccc6c5sc5ccccc56)nc(-n5c6c([2H])c([2H])c([2H])c([2H])c6c6c([2H])c([2H])c([2H])c([2H])c65)n4)c3c2[2H])c([2H])c1[2H]. The van der Waals surface area contributed by atoms with Gasteiger partial charge in [-0.2, -0.15) is 15.0 Å². The Labute approximate surface area is 324 Å². The molecule has 4 aromatic heterocycles. The van der Waals surface area contributed by atoms with Gasteiger partial charge in [-0.15, -0.1) is 11.3 Å². The van der Waals surface area contributed by atoms with Gasteiger partial charge in [0.25, 0.3) is 0 Å². The topological polar surface area (TPSA) is 48.5 Å². The predicted octanol–water partition coefficient (Wildman–Crippen LogP) is 11.8. The van der Waals surface area contributed by atoms with E-state index >= 15 is 0 Å². The monoisotopic (exact) mass is 689 g/mol. The molecule has 0 aliphatic rings. The van der Waals surface area contributed by atoms with Crippen LogP contribution in [0.1, 0.15) is 27.4 Å². The van der Waals surface area contributed by atoms with Crippen molar-refractivity contribution in [3.05, 3.63) is 163 Å². The molecule has 0 aliphatic heterocycles. The van der Waals surface area contributed by atoms with Crippen LogP contribution in [0.25, 0.3) is 98.2 Å². The molecule has 0 aliphatic carbocycles. The number of thiophene rings is 1. The molecular weight excluding hydrogens is 643 g/mol. The van der Waals surface area contributed by atoms with Crippen molar-refractivity contribution in [2.75, 3.05) is 0 Å². The van der Waals surface area contributed by atoms with Gasteiger partial charge in [-0.05, 0) is 47.4 Å². The average molecular weight is 690 g/mol. The van der Waals surface area contributed by atoms with E-state index in [0.717, 1.165) is 24.6 Å². The van der Waals surface area contributed by atoms with Crippen LogP contribution in [0.4, 0.5) is 0 Å². The summed E-state index contributed by atoms with van der Waals surface area (Å²) in [7, 11) is 0. The lowest BCUT2D eigenvalue weighted by Crippen LogP contribution is -2.10. The quantitative estimate of drug-likeness (QED) is 0.185. The number of aromatic nitrogens is 5. The van der Waals surface area contributed by atoms with Gasteiger partial charge in [0.05, 0.1) is 49.5 Å². The summed E-state index contributed by atoms with van der Waals surface area (Å²) < 4.78 is 182.